The van der Waals surface area contributed by atoms with Gasteiger partial charge in [-0.15, -0.1) is 11.3 Å². The summed E-state index contributed by atoms with van der Waals surface area (Å²) >= 11 is 1.48. The fourth-order valence-corrected chi connectivity index (χ4v) is 3.31. The van der Waals surface area contributed by atoms with Crippen LogP contribution in [0.4, 0.5) is 0 Å². The van der Waals surface area contributed by atoms with Gasteiger partial charge in [0.05, 0.1) is 5.52 Å². The molecular formula is C14H9N3O3S. The zero-order valence-electron chi connectivity index (χ0n) is 10.9. The quantitative estimate of drug-likeness (QED) is 0.577. The average molecular weight is 299 g/mol. The van der Waals surface area contributed by atoms with E-state index < -0.39 is 5.76 Å². The number of hydrogen-bond donors (Lipinski definition) is 1. The molecule has 4 rings (SSSR count). The lowest BCUT2D eigenvalue weighted by atomic mass is 10.1. The van der Waals surface area contributed by atoms with Crippen molar-refractivity contribution in [2.24, 2.45) is 0 Å². The largest absolute Gasteiger partial charge is 0.417 e. The second-order valence-electron chi connectivity index (χ2n) is 4.68. The lowest BCUT2D eigenvalue weighted by molar-refractivity contribution is 0.111. The Kier molecular flexibility index (Phi) is 2.40. The Bertz CT molecular complexity index is 1050. The number of carbonyl (C=O) groups is 1. The summed E-state index contributed by atoms with van der Waals surface area (Å²) in [6, 6.07) is 5.26. The standard InChI is InChI=1S/C14H9N3O3S/c1-7-6-21-13-16-12(10(5-18)17(7)13)8-2-3-9-11(4-8)20-14(19)15-9/h2-6H,1H3,(H,15,19). The van der Waals surface area contributed by atoms with Gasteiger partial charge in [0.2, 0.25) is 0 Å². The molecule has 0 amide bonds. The van der Waals surface area contributed by atoms with Crippen LogP contribution in [0.15, 0.2) is 32.8 Å². The third kappa shape index (κ3) is 1.67. The molecule has 0 atom stereocenters. The highest BCUT2D eigenvalue weighted by atomic mass is 32.1. The summed E-state index contributed by atoms with van der Waals surface area (Å²) in [5.41, 5.74) is 3.86. The molecule has 0 fully saturated rings. The summed E-state index contributed by atoms with van der Waals surface area (Å²) in [5, 5.41) is 1.95. The first-order valence-corrected chi connectivity index (χ1v) is 7.10. The van der Waals surface area contributed by atoms with Gasteiger partial charge in [0, 0.05) is 16.6 Å². The van der Waals surface area contributed by atoms with Gasteiger partial charge in [0.25, 0.3) is 0 Å². The normalized spacial score (nSPS) is 11.5. The van der Waals surface area contributed by atoms with Gasteiger partial charge in [-0.2, -0.15) is 0 Å². The molecule has 0 unspecified atom stereocenters. The summed E-state index contributed by atoms with van der Waals surface area (Å²) in [4.78, 5) is 30.5. The van der Waals surface area contributed by atoms with Crippen molar-refractivity contribution in [3.05, 3.63) is 45.5 Å². The van der Waals surface area contributed by atoms with Crippen molar-refractivity contribution in [3.63, 3.8) is 0 Å². The molecule has 21 heavy (non-hydrogen) atoms. The Morgan fingerprint density at radius 2 is 2.29 bits per heavy atom. The number of fused-ring (bicyclic) bond motifs is 2. The van der Waals surface area contributed by atoms with Crippen LogP contribution in [0.1, 0.15) is 16.2 Å². The van der Waals surface area contributed by atoms with Crippen LogP contribution in [0.2, 0.25) is 0 Å². The van der Waals surface area contributed by atoms with Crippen molar-refractivity contribution in [1.29, 1.82) is 0 Å². The van der Waals surface area contributed by atoms with Gasteiger partial charge in [0.1, 0.15) is 11.4 Å². The molecule has 3 aromatic heterocycles. The second-order valence-corrected chi connectivity index (χ2v) is 5.52. The minimum absolute atomic E-state index is 0.447. The average Bonchev–Trinajstić information content (AvgIpc) is 3.11. The van der Waals surface area contributed by atoms with E-state index in [9.17, 15) is 9.59 Å². The number of nitrogens with one attached hydrogen (secondary N) is 1. The zero-order chi connectivity index (χ0) is 14.6. The van der Waals surface area contributed by atoms with Crippen molar-refractivity contribution in [2.75, 3.05) is 0 Å². The predicted molar refractivity (Wildman–Crippen MR) is 79.0 cm³/mol. The number of aryl methyl sites for hydroxylation is 1. The van der Waals surface area contributed by atoms with E-state index in [-0.39, 0.29) is 0 Å². The summed E-state index contributed by atoms with van der Waals surface area (Å²) in [6.07, 6.45) is 0.798. The molecular weight excluding hydrogens is 290 g/mol. The molecule has 6 nitrogen and oxygen atoms in total. The third-order valence-corrected chi connectivity index (χ3v) is 4.32. The molecule has 0 aliphatic carbocycles. The SMILES string of the molecule is Cc1csc2nc(-c3ccc4[nH]c(=O)oc4c3)c(C=O)n12. The van der Waals surface area contributed by atoms with Crippen LogP contribution in [-0.4, -0.2) is 20.7 Å². The zero-order valence-corrected chi connectivity index (χ0v) is 11.7. The molecule has 4 aromatic rings. The number of aromatic amines is 1. The maximum Gasteiger partial charge on any atom is 0.417 e. The van der Waals surface area contributed by atoms with E-state index in [1.165, 1.54) is 11.3 Å². The Morgan fingerprint density at radius 1 is 1.43 bits per heavy atom. The minimum Gasteiger partial charge on any atom is -0.408 e. The Hall–Kier alpha value is -2.67. The van der Waals surface area contributed by atoms with Crippen LogP contribution in [0.5, 0.6) is 0 Å². The van der Waals surface area contributed by atoms with E-state index in [0.29, 0.717) is 22.5 Å². The number of thiazole rings is 1. The molecule has 7 heteroatoms. The third-order valence-electron chi connectivity index (χ3n) is 3.38. The Labute approximate surface area is 121 Å². The Morgan fingerprint density at radius 3 is 3.10 bits per heavy atom. The van der Waals surface area contributed by atoms with Gasteiger partial charge >= 0.3 is 5.76 Å². The summed E-state index contributed by atoms with van der Waals surface area (Å²) in [5.74, 6) is -0.501. The van der Waals surface area contributed by atoms with E-state index in [1.54, 1.807) is 12.1 Å². The van der Waals surface area contributed by atoms with E-state index in [4.69, 9.17) is 4.42 Å². The van der Waals surface area contributed by atoms with Crippen LogP contribution in [0.3, 0.4) is 0 Å². The van der Waals surface area contributed by atoms with Crippen molar-refractivity contribution in [3.8, 4) is 11.3 Å². The first-order valence-electron chi connectivity index (χ1n) is 6.22. The molecule has 0 aliphatic rings. The van der Waals surface area contributed by atoms with Crippen LogP contribution in [0, 0.1) is 6.92 Å². The fourth-order valence-electron chi connectivity index (χ4n) is 2.44. The van der Waals surface area contributed by atoms with Crippen molar-refractivity contribution < 1.29 is 9.21 Å². The Balaban J connectivity index is 2.02. The number of H-pyrrole nitrogens is 1. The van der Waals surface area contributed by atoms with Gasteiger partial charge < -0.3 is 4.42 Å². The lowest BCUT2D eigenvalue weighted by Crippen LogP contribution is -1.93. The highest BCUT2D eigenvalue weighted by Gasteiger charge is 2.17. The number of aldehydes is 1. The fraction of sp³-hybridized carbons (Fsp3) is 0.0714. The monoisotopic (exact) mass is 299 g/mol. The molecule has 0 spiro atoms. The molecule has 1 N–H and O–H groups in total. The van der Waals surface area contributed by atoms with Gasteiger partial charge in [-0.3, -0.25) is 14.2 Å². The molecule has 0 bridgehead atoms. The van der Waals surface area contributed by atoms with Gasteiger partial charge in [-0.1, -0.05) is 6.07 Å². The number of benzene rings is 1. The molecule has 0 saturated carbocycles. The van der Waals surface area contributed by atoms with Crippen molar-refractivity contribution in [2.45, 2.75) is 6.92 Å². The summed E-state index contributed by atoms with van der Waals surface area (Å²) in [6.45, 7) is 1.93. The molecule has 0 aliphatic heterocycles. The highest BCUT2D eigenvalue weighted by molar-refractivity contribution is 7.15. The maximum atomic E-state index is 11.5. The van der Waals surface area contributed by atoms with E-state index in [0.717, 1.165) is 22.5 Å². The number of carbonyl (C=O) groups excluding carboxylic acids is 1. The molecule has 1 aromatic carbocycles. The second kappa shape index (κ2) is 4.16. The number of oxazole rings is 1. The maximum absolute atomic E-state index is 11.5. The number of nitrogens with zero attached hydrogens (tertiary/aromatic N) is 2. The van der Waals surface area contributed by atoms with E-state index in [1.807, 2.05) is 22.8 Å². The van der Waals surface area contributed by atoms with Gasteiger partial charge in [-0.05, 0) is 19.1 Å². The van der Waals surface area contributed by atoms with Gasteiger partial charge in [0.15, 0.2) is 16.8 Å². The summed E-state index contributed by atoms with van der Waals surface area (Å²) in [7, 11) is 0. The number of hydrogen-bond acceptors (Lipinski definition) is 5. The van der Waals surface area contributed by atoms with Crippen LogP contribution < -0.4 is 5.76 Å². The number of rotatable bonds is 2. The smallest absolute Gasteiger partial charge is 0.408 e. The molecule has 0 radical (unpaired) electrons. The molecule has 0 saturated heterocycles. The number of imidazole rings is 1. The number of aromatic nitrogens is 3. The minimum atomic E-state index is -0.501. The topological polar surface area (TPSA) is 80.4 Å². The van der Waals surface area contributed by atoms with Crippen LogP contribution in [0.25, 0.3) is 27.3 Å². The van der Waals surface area contributed by atoms with Crippen molar-refractivity contribution in [1.82, 2.24) is 14.4 Å². The van der Waals surface area contributed by atoms with Crippen LogP contribution >= 0.6 is 11.3 Å². The van der Waals surface area contributed by atoms with Crippen molar-refractivity contribution >= 4 is 33.7 Å². The molecule has 3 heterocycles. The highest BCUT2D eigenvalue weighted by Crippen LogP contribution is 2.28. The first kappa shape index (κ1) is 12.1. The van der Waals surface area contributed by atoms with E-state index in [2.05, 4.69) is 9.97 Å². The summed E-state index contributed by atoms with van der Waals surface area (Å²) < 4.78 is 6.88. The van der Waals surface area contributed by atoms with Crippen LogP contribution in [-0.2, 0) is 0 Å². The van der Waals surface area contributed by atoms with Gasteiger partial charge in [-0.25, -0.2) is 9.78 Å². The van der Waals surface area contributed by atoms with E-state index >= 15 is 0 Å². The predicted octanol–water partition coefficient (Wildman–Crippen LogP) is 2.62. The molecule has 104 valence electrons. The first-order chi connectivity index (χ1) is 10.2. The lowest BCUT2D eigenvalue weighted by Gasteiger charge is -1.99.